The second kappa shape index (κ2) is 5.46. The molecule has 0 aliphatic rings. The summed E-state index contributed by atoms with van der Waals surface area (Å²) in [6.45, 7) is 1.48. The first-order valence-corrected chi connectivity index (χ1v) is 6.09. The van der Waals surface area contributed by atoms with Crippen molar-refractivity contribution in [1.82, 2.24) is 0 Å². The lowest BCUT2D eigenvalue weighted by molar-refractivity contribution is 0.102. The number of nitrogen functional groups attached to an aromatic ring is 1. The number of rotatable bonds is 2. The van der Waals surface area contributed by atoms with Crippen LogP contribution in [0.4, 0.5) is 20.2 Å². The van der Waals surface area contributed by atoms with Crippen LogP contribution in [-0.4, -0.2) is 5.91 Å². The summed E-state index contributed by atoms with van der Waals surface area (Å²) >= 11 is 5.74. The van der Waals surface area contributed by atoms with Gasteiger partial charge in [-0.25, -0.2) is 8.78 Å². The van der Waals surface area contributed by atoms with Crippen molar-refractivity contribution in [3.05, 3.63) is 58.1 Å². The Balaban J connectivity index is 2.32. The van der Waals surface area contributed by atoms with Gasteiger partial charge in [0.15, 0.2) is 5.82 Å². The van der Waals surface area contributed by atoms with E-state index in [1.807, 2.05) is 0 Å². The minimum Gasteiger partial charge on any atom is -0.398 e. The highest BCUT2D eigenvalue weighted by atomic mass is 35.5. The predicted molar refractivity (Wildman–Crippen MR) is 74.9 cm³/mol. The summed E-state index contributed by atoms with van der Waals surface area (Å²) in [6, 6.07) is 6.57. The molecule has 20 heavy (non-hydrogen) atoms. The SMILES string of the molecule is Cc1ccc(F)c(NC(=O)c2ccc(Cl)c(N)c2)c1F. The topological polar surface area (TPSA) is 55.1 Å². The lowest BCUT2D eigenvalue weighted by atomic mass is 10.1. The lowest BCUT2D eigenvalue weighted by Crippen LogP contribution is -2.15. The lowest BCUT2D eigenvalue weighted by Gasteiger charge is -2.10. The van der Waals surface area contributed by atoms with Crippen LogP contribution < -0.4 is 11.1 Å². The van der Waals surface area contributed by atoms with Crippen molar-refractivity contribution in [3.63, 3.8) is 0 Å². The Morgan fingerprint density at radius 3 is 2.60 bits per heavy atom. The van der Waals surface area contributed by atoms with Gasteiger partial charge < -0.3 is 11.1 Å². The van der Waals surface area contributed by atoms with Gasteiger partial charge in [-0.15, -0.1) is 0 Å². The maximum Gasteiger partial charge on any atom is 0.255 e. The number of amides is 1. The minimum absolute atomic E-state index is 0.159. The van der Waals surface area contributed by atoms with Gasteiger partial charge in [0.1, 0.15) is 11.5 Å². The molecule has 0 spiro atoms. The fourth-order valence-corrected chi connectivity index (χ4v) is 1.76. The van der Waals surface area contributed by atoms with Crippen molar-refractivity contribution in [3.8, 4) is 0 Å². The van der Waals surface area contributed by atoms with Gasteiger partial charge in [-0.05, 0) is 36.8 Å². The molecule has 3 nitrogen and oxygen atoms in total. The zero-order valence-corrected chi connectivity index (χ0v) is 11.3. The van der Waals surface area contributed by atoms with Crippen LogP contribution in [0, 0.1) is 18.6 Å². The van der Waals surface area contributed by atoms with Crippen molar-refractivity contribution < 1.29 is 13.6 Å². The fraction of sp³-hybridized carbons (Fsp3) is 0.0714. The maximum absolute atomic E-state index is 13.8. The zero-order valence-electron chi connectivity index (χ0n) is 10.5. The van der Waals surface area contributed by atoms with E-state index in [-0.39, 0.29) is 16.8 Å². The number of nitrogens with two attached hydrogens (primary N) is 1. The van der Waals surface area contributed by atoms with Crippen LogP contribution in [0.2, 0.25) is 5.02 Å². The summed E-state index contributed by atoms with van der Waals surface area (Å²) in [5.41, 5.74) is 5.70. The van der Waals surface area contributed by atoms with Crippen LogP contribution in [0.25, 0.3) is 0 Å². The molecule has 0 radical (unpaired) electrons. The van der Waals surface area contributed by atoms with Crippen molar-refractivity contribution in [2.45, 2.75) is 6.92 Å². The van der Waals surface area contributed by atoms with E-state index < -0.39 is 23.2 Å². The molecule has 0 saturated carbocycles. The largest absolute Gasteiger partial charge is 0.398 e. The quantitative estimate of drug-likeness (QED) is 0.829. The summed E-state index contributed by atoms with van der Waals surface area (Å²) in [5.74, 6) is -2.32. The van der Waals surface area contributed by atoms with E-state index in [1.165, 1.54) is 31.2 Å². The summed E-state index contributed by atoms with van der Waals surface area (Å²) in [6.07, 6.45) is 0. The number of halogens is 3. The molecule has 0 unspecified atom stereocenters. The van der Waals surface area contributed by atoms with Crippen LogP contribution >= 0.6 is 11.6 Å². The number of hydrogen-bond donors (Lipinski definition) is 2. The van der Waals surface area contributed by atoms with Crippen LogP contribution in [0.3, 0.4) is 0 Å². The second-order valence-corrected chi connectivity index (χ2v) is 4.65. The van der Waals surface area contributed by atoms with Crippen LogP contribution in [0.15, 0.2) is 30.3 Å². The summed E-state index contributed by atoms with van der Waals surface area (Å²) in [5, 5.41) is 2.50. The highest BCUT2D eigenvalue weighted by Crippen LogP contribution is 2.24. The monoisotopic (exact) mass is 296 g/mol. The Kier molecular flexibility index (Phi) is 3.90. The first kappa shape index (κ1) is 14.3. The Morgan fingerprint density at radius 2 is 1.95 bits per heavy atom. The second-order valence-electron chi connectivity index (χ2n) is 4.24. The van der Waals surface area contributed by atoms with E-state index in [9.17, 15) is 13.6 Å². The van der Waals surface area contributed by atoms with E-state index in [0.717, 1.165) is 6.07 Å². The molecule has 0 aliphatic heterocycles. The third-order valence-corrected chi connectivity index (χ3v) is 3.13. The van der Waals surface area contributed by atoms with Gasteiger partial charge in [0.2, 0.25) is 0 Å². The van der Waals surface area contributed by atoms with Gasteiger partial charge in [0.05, 0.1) is 10.7 Å². The molecule has 3 N–H and O–H groups in total. The Morgan fingerprint density at radius 1 is 1.25 bits per heavy atom. The molecule has 0 heterocycles. The molecular weight excluding hydrogens is 286 g/mol. The molecule has 0 fully saturated rings. The zero-order chi connectivity index (χ0) is 14.9. The third-order valence-electron chi connectivity index (χ3n) is 2.78. The average Bonchev–Trinajstić information content (AvgIpc) is 2.42. The van der Waals surface area contributed by atoms with Crippen LogP contribution in [0.5, 0.6) is 0 Å². The van der Waals surface area contributed by atoms with E-state index in [4.69, 9.17) is 17.3 Å². The Labute approximate surface area is 119 Å². The summed E-state index contributed by atoms with van der Waals surface area (Å²) < 4.78 is 27.3. The van der Waals surface area contributed by atoms with E-state index in [2.05, 4.69) is 5.32 Å². The van der Waals surface area contributed by atoms with Gasteiger partial charge >= 0.3 is 0 Å². The first-order chi connectivity index (χ1) is 9.40. The maximum atomic E-state index is 13.8. The highest BCUT2D eigenvalue weighted by Gasteiger charge is 2.15. The number of carbonyl (C=O) groups is 1. The average molecular weight is 297 g/mol. The first-order valence-electron chi connectivity index (χ1n) is 5.71. The van der Waals surface area contributed by atoms with Gasteiger partial charge in [0.25, 0.3) is 5.91 Å². The van der Waals surface area contributed by atoms with Crippen LogP contribution in [0.1, 0.15) is 15.9 Å². The number of anilines is 2. The Hall–Kier alpha value is -2.14. The van der Waals surface area contributed by atoms with Gasteiger partial charge in [-0.2, -0.15) is 0 Å². The van der Waals surface area contributed by atoms with Crippen LogP contribution in [-0.2, 0) is 0 Å². The van der Waals surface area contributed by atoms with Gasteiger partial charge in [-0.3, -0.25) is 4.79 Å². The number of aryl methyl sites for hydroxylation is 1. The normalized spacial score (nSPS) is 10.4. The number of benzene rings is 2. The smallest absolute Gasteiger partial charge is 0.255 e. The van der Waals surface area contributed by atoms with Gasteiger partial charge in [0, 0.05) is 5.56 Å². The molecule has 2 aromatic rings. The third kappa shape index (κ3) is 2.72. The standard InChI is InChI=1S/C14H11ClF2N2O/c1-7-2-5-10(16)13(12(7)17)19-14(20)8-3-4-9(15)11(18)6-8/h2-6H,18H2,1H3,(H,19,20). The molecule has 0 bridgehead atoms. The van der Waals surface area contributed by atoms with E-state index >= 15 is 0 Å². The molecule has 0 aliphatic carbocycles. The van der Waals surface area contributed by atoms with Crippen molar-refractivity contribution >= 4 is 28.9 Å². The summed E-state index contributed by atoms with van der Waals surface area (Å²) in [4.78, 5) is 12.0. The molecule has 2 aromatic carbocycles. The van der Waals surface area contributed by atoms with Gasteiger partial charge in [-0.1, -0.05) is 17.7 Å². The summed E-state index contributed by atoms with van der Waals surface area (Å²) in [7, 11) is 0. The fourth-order valence-electron chi connectivity index (χ4n) is 1.64. The van der Waals surface area contributed by atoms with E-state index in [1.54, 1.807) is 0 Å². The molecule has 6 heteroatoms. The van der Waals surface area contributed by atoms with E-state index in [0.29, 0.717) is 5.02 Å². The number of hydrogen-bond acceptors (Lipinski definition) is 2. The van der Waals surface area contributed by atoms with Crippen molar-refractivity contribution in [2.24, 2.45) is 0 Å². The molecule has 0 saturated heterocycles. The number of nitrogens with one attached hydrogen (secondary N) is 1. The molecule has 0 atom stereocenters. The molecule has 0 aromatic heterocycles. The van der Waals surface area contributed by atoms with Crippen molar-refractivity contribution in [1.29, 1.82) is 0 Å². The predicted octanol–water partition coefficient (Wildman–Crippen LogP) is 3.76. The molecular formula is C14H11ClF2N2O. The number of carbonyl (C=O) groups excluding carboxylic acids is 1. The minimum atomic E-state index is -0.844. The molecule has 104 valence electrons. The van der Waals surface area contributed by atoms with Crippen molar-refractivity contribution in [2.75, 3.05) is 11.1 Å². The molecule has 1 amide bonds. The highest BCUT2D eigenvalue weighted by molar-refractivity contribution is 6.33. The molecule has 2 rings (SSSR count). The Bertz CT molecular complexity index is 689.